The number of benzene rings is 1. The second-order valence-corrected chi connectivity index (χ2v) is 6.75. The lowest BCUT2D eigenvalue weighted by atomic mass is 9.89. The smallest absolute Gasteiger partial charge is 0.0332 e. The fourth-order valence-corrected chi connectivity index (χ4v) is 3.68. The van der Waals surface area contributed by atoms with Crippen LogP contribution < -0.4 is 5.32 Å². The van der Waals surface area contributed by atoms with Crippen LogP contribution in [0.1, 0.15) is 55.7 Å². The van der Waals surface area contributed by atoms with E-state index in [-0.39, 0.29) is 0 Å². The Morgan fingerprint density at radius 2 is 1.90 bits per heavy atom. The molecule has 1 atom stereocenters. The Kier molecular flexibility index (Phi) is 6.72. The van der Waals surface area contributed by atoms with Gasteiger partial charge in [0.15, 0.2) is 0 Å². The third-order valence-corrected chi connectivity index (χ3v) is 5.01. The average Bonchev–Trinajstić information content (AvgIpc) is 2.50. The lowest BCUT2D eigenvalue weighted by molar-refractivity contribution is 0.225. The van der Waals surface area contributed by atoms with Crippen molar-refractivity contribution >= 4 is 0 Å². The molecule has 21 heavy (non-hydrogen) atoms. The summed E-state index contributed by atoms with van der Waals surface area (Å²) in [7, 11) is 4.37. The number of rotatable bonds is 7. The van der Waals surface area contributed by atoms with Crippen LogP contribution in [-0.4, -0.2) is 32.1 Å². The Labute approximate surface area is 130 Å². The molecule has 1 unspecified atom stereocenters. The van der Waals surface area contributed by atoms with Gasteiger partial charge in [-0.3, -0.25) is 0 Å². The van der Waals surface area contributed by atoms with Gasteiger partial charge in [-0.2, -0.15) is 0 Å². The van der Waals surface area contributed by atoms with Crippen molar-refractivity contribution in [1.82, 2.24) is 10.2 Å². The van der Waals surface area contributed by atoms with Crippen molar-refractivity contribution < 1.29 is 0 Å². The predicted molar refractivity (Wildman–Crippen MR) is 91.7 cm³/mol. The highest BCUT2D eigenvalue weighted by molar-refractivity contribution is 5.28. The summed E-state index contributed by atoms with van der Waals surface area (Å²) in [6, 6.07) is 9.22. The molecule has 2 nitrogen and oxygen atoms in total. The van der Waals surface area contributed by atoms with Gasteiger partial charge in [0.25, 0.3) is 0 Å². The molecule has 1 aromatic rings. The first kappa shape index (κ1) is 16.5. The fourth-order valence-electron chi connectivity index (χ4n) is 3.68. The fraction of sp³-hybridized carbons (Fsp3) is 0.684. The minimum atomic E-state index is 0.472. The van der Waals surface area contributed by atoms with Gasteiger partial charge >= 0.3 is 0 Å². The third-order valence-electron chi connectivity index (χ3n) is 5.01. The topological polar surface area (TPSA) is 15.3 Å². The van der Waals surface area contributed by atoms with Crippen molar-refractivity contribution in [3.8, 4) is 0 Å². The molecule has 1 fully saturated rings. The molecule has 2 rings (SSSR count). The van der Waals surface area contributed by atoms with Crippen LogP contribution in [0.5, 0.6) is 0 Å². The van der Waals surface area contributed by atoms with Gasteiger partial charge in [-0.1, -0.05) is 43.5 Å². The first-order chi connectivity index (χ1) is 10.2. The van der Waals surface area contributed by atoms with E-state index in [1.807, 2.05) is 0 Å². The minimum Gasteiger partial charge on any atom is -0.313 e. The highest BCUT2D eigenvalue weighted by Gasteiger charge is 2.17. The van der Waals surface area contributed by atoms with Crippen molar-refractivity contribution in [2.24, 2.45) is 5.92 Å². The van der Waals surface area contributed by atoms with E-state index in [2.05, 4.69) is 55.5 Å². The van der Waals surface area contributed by atoms with Gasteiger partial charge in [-0.05, 0) is 63.9 Å². The maximum Gasteiger partial charge on any atom is 0.0332 e. The summed E-state index contributed by atoms with van der Waals surface area (Å²) in [6.45, 7) is 4.67. The van der Waals surface area contributed by atoms with E-state index in [0.29, 0.717) is 6.04 Å². The average molecular weight is 288 g/mol. The molecular weight excluding hydrogens is 256 g/mol. The quantitative estimate of drug-likeness (QED) is 0.810. The number of aryl methyl sites for hydroxylation is 1. The molecule has 118 valence electrons. The van der Waals surface area contributed by atoms with Crippen LogP contribution in [0.3, 0.4) is 0 Å². The highest BCUT2D eigenvalue weighted by atomic mass is 15.1. The summed E-state index contributed by atoms with van der Waals surface area (Å²) < 4.78 is 0. The van der Waals surface area contributed by atoms with Crippen LogP contribution in [0.15, 0.2) is 24.3 Å². The van der Waals surface area contributed by atoms with E-state index in [4.69, 9.17) is 0 Å². The van der Waals surface area contributed by atoms with E-state index < -0.39 is 0 Å². The summed E-state index contributed by atoms with van der Waals surface area (Å²) in [5.41, 5.74) is 2.85. The SMILES string of the molecule is CNC(CCN(C)CC1CCCCC1)c1ccccc1C. The van der Waals surface area contributed by atoms with Gasteiger partial charge in [0.05, 0.1) is 0 Å². The summed E-state index contributed by atoms with van der Waals surface area (Å²) in [6.07, 6.45) is 8.41. The van der Waals surface area contributed by atoms with E-state index in [0.717, 1.165) is 5.92 Å². The van der Waals surface area contributed by atoms with Crippen LogP contribution in [0, 0.1) is 12.8 Å². The van der Waals surface area contributed by atoms with Crippen LogP contribution in [0.4, 0.5) is 0 Å². The Hall–Kier alpha value is -0.860. The van der Waals surface area contributed by atoms with Gasteiger partial charge in [-0.15, -0.1) is 0 Å². The minimum absolute atomic E-state index is 0.472. The molecule has 0 heterocycles. The Bertz CT molecular complexity index is 410. The number of nitrogens with zero attached hydrogens (tertiary/aromatic N) is 1. The van der Waals surface area contributed by atoms with Crippen molar-refractivity contribution in [2.75, 3.05) is 27.2 Å². The predicted octanol–water partition coefficient (Wildman–Crippen LogP) is 4.16. The maximum atomic E-state index is 3.49. The molecule has 0 radical (unpaired) electrons. The molecule has 1 saturated carbocycles. The lowest BCUT2D eigenvalue weighted by Crippen LogP contribution is -2.30. The summed E-state index contributed by atoms with van der Waals surface area (Å²) in [4.78, 5) is 2.54. The van der Waals surface area contributed by atoms with Crippen molar-refractivity contribution in [1.29, 1.82) is 0 Å². The molecule has 1 N–H and O–H groups in total. The van der Waals surface area contributed by atoms with Crippen LogP contribution in [0.2, 0.25) is 0 Å². The summed E-state index contributed by atoms with van der Waals surface area (Å²) in [5.74, 6) is 0.940. The molecule has 0 saturated heterocycles. The summed E-state index contributed by atoms with van der Waals surface area (Å²) in [5, 5.41) is 3.49. The molecule has 1 aromatic carbocycles. The molecular formula is C19H32N2. The zero-order valence-electron chi connectivity index (χ0n) is 14.1. The first-order valence-corrected chi connectivity index (χ1v) is 8.62. The van der Waals surface area contributed by atoms with E-state index in [1.54, 1.807) is 0 Å². The van der Waals surface area contributed by atoms with E-state index in [9.17, 15) is 0 Å². The molecule has 2 heteroatoms. The molecule has 1 aliphatic rings. The van der Waals surface area contributed by atoms with Gasteiger partial charge in [0.2, 0.25) is 0 Å². The van der Waals surface area contributed by atoms with Crippen LogP contribution in [0.25, 0.3) is 0 Å². The Morgan fingerprint density at radius 3 is 2.57 bits per heavy atom. The highest BCUT2D eigenvalue weighted by Crippen LogP contribution is 2.25. The molecule has 1 aliphatic carbocycles. The van der Waals surface area contributed by atoms with Crippen molar-refractivity contribution in [3.63, 3.8) is 0 Å². The lowest BCUT2D eigenvalue weighted by Gasteiger charge is -2.28. The zero-order chi connectivity index (χ0) is 15.1. The Balaban J connectivity index is 1.81. The van der Waals surface area contributed by atoms with Crippen molar-refractivity contribution in [2.45, 2.75) is 51.5 Å². The van der Waals surface area contributed by atoms with Crippen molar-refractivity contribution in [3.05, 3.63) is 35.4 Å². The number of hydrogen-bond acceptors (Lipinski definition) is 2. The molecule has 0 bridgehead atoms. The molecule has 0 aromatic heterocycles. The second kappa shape index (κ2) is 8.55. The second-order valence-electron chi connectivity index (χ2n) is 6.75. The van der Waals surface area contributed by atoms with Gasteiger partial charge in [-0.25, -0.2) is 0 Å². The van der Waals surface area contributed by atoms with Gasteiger partial charge in [0, 0.05) is 12.6 Å². The van der Waals surface area contributed by atoms with E-state index >= 15 is 0 Å². The first-order valence-electron chi connectivity index (χ1n) is 8.62. The van der Waals surface area contributed by atoms with Crippen LogP contribution >= 0.6 is 0 Å². The zero-order valence-corrected chi connectivity index (χ0v) is 14.1. The summed E-state index contributed by atoms with van der Waals surface area (Å²) >= 11 is 0. The molecule has 0 spiro atoms. The normalized spacial score (nSPS) is 18.1. The van der Waals surface area contributed by atoms with Crippen LogP contribution in [-0.2, 0) is 0 Å². The molecule has 0 aliphatic heterocycles. The standard InChI is InChI=1S/C19H32N2/c1-16-9-7-8-12-18(16)19(20-2)13-14-21(3)15-17-10-5-4-6-11-17/h7-9,12,17,19-20H,4-6,10-11,13-15H2,1-3H3. The molecule has 0 amide bonds. The van der Waals surface area contributed by atoms with Gasteiger partial charge < -0.3 is 10.2 Å². The number of hydrogen-bond donors (Lipinski definition) is 1. The maximum absolute atomic E-state index is 3.49. The largest absolute Gasteiger partial charge is 0.313 e. The monoisotopic (exact) mass is 288 g/mol. The van der Waals surface area contributed by atoms with Gasteiger partial charge in [0.1, 0.15) is 0 Å². The third kappa shape index (κ3) is 5.12. The van der Waals surface area contributed by atoms with E-state index in [1.165, 1.54) is 62.7 Å². The Morgan fingerprint density at radius 1 is 1.19 bits per heavy atom. The number of nitrogens with one attached hydrogen (secondary N) is 1.